The van der Waals surface area contributed by atoms with Gasteiger partial charge >= 0.3 is 0 Å². The smallest absolute Gasteiger partial charge is 0.231 e. The quantitative estimate of drug-likeness (QED) is 0.441. The summed E-state index contributed by atoms with van der Waals surface area (Å²) in [4.78, 5) is 19.7. The van der Waals surface area contributed by atoms with Gasteiger partial charge in [0.1, 0.15) is 11.3 Å². The molecule has 1 aliphatic carbocycles. The minimum absolute atomic E-state index is 0.0284. The normalized spacial score (nSPS) is 14.8. The number of hydrogen-bond donors (Lipinski definition) is 1. The Labute approximate surface area is 184 Å². The van der Waals surface area contributed by atoms with Crippen LogP contribution in [0.4, 0.5) is 10.8 Å². The van der Waals surface area contributed by atoms with E-state index in [1.54, 1.807) is 18.4 Å². The number of carbonyl (C=O) groups excluding carboxylic acids is 1. The summed E-state index contributed by atoms with van der Waals surface area (Å²) in [6.45, 7) is 1.37. The SMILES string of the molecule is COc1cccc2sc(N3CC(C(=O)Nc4ccc5c(c4)Cc4ccccc4-5)C3)nc12. The van der Waals surface area contributed by atoms with Crippen LogP contribution in [0.1, 0.15) is 11.1 Å². The maximum absolute atomic E-state index is 12.8. The van der Waals surface area contributed by atoms with Crippen molar-refractivity contribution in [1.29, 1.82) is 0 Å². The zero-order chi connectivity index (χ0) is 20.9. The molecule has 0 unspecified atom stereocenters. The highest BCUT2D eigenvalue weighted by molar-refractivity contribution is 7.22. The average molecular weight is 428 g/mol. The van der Waals surface area contributed by atoms with E-state index in [-0.39, 0.29) is 11.8 Å². The van der Waals surface area contributed by atoms with Crippen LogP contribution in [0.2, 0.25) is 0 Å². The van der Waals surface area contributed by atoms with Gasteiger partial charge in [-0.05, 0) is 52.9 Å². The number of rotatable bonds is 4. The molecule has 154 valence electrons. The van der Waals surface area contributed by atoms with Gasteiger partial charge < -0.3 is 15.0 Å². The minimum Gasteiger partial charge on any atom is -0.494 e. The van der Waals surface area contributed by atoms with Crippen molar-refractivity contribution >= 4 is 38.3 Å². The Kier molecular flexibility index (Phi) is 4.21. The molecule has 1 aromatic heterocycles. The maximum Gasteiger partial charge on any atom is 0.231 e. The van der Waals surface area contributed by atoms with E-state index in [1.807, 2.05) is 18.2 Å². The van der Waals surface area contributed by atoms with Gasteiger partial charge in [0.05, 0.1) is 17.7 Å². The van der Waals surface area contributed by atoms with Crippen LogP contribution in [0, 0.1) is 5.92 Å². The van der Waals surface area contributed by atoms with Gasteiger partial charge in [-0.2, -0.15) is 0 Å². The summed E-state index contributed by atoms with van der Waals surface area (Å²) in [5.41, 5.74) is 6.96. The molecule has 6 heteroatoms. The number of nitrogens with one attached hydrogen (secondary N) is 1. The zero-order valence-corrected chi connectivity index (χ0v) is 17.9. The third kappa shape index (κ3) is 3.06. The fourth-order valence-electron chi connectivity index (χ4n) is 4.48. The lowest BCUT2D eigenvalue weighted by atomic mass is 9.99. The van der Waals surface area contributed by atoms with Crippen LogP contribution in [-0.2, 0) is 11.2 Å². The van der Waals surface area contributed by atoms with E-state index in [1.165, 1.54) is 22.3 Å². The van der Waals surface area contributed by atoms with Crippen molar-refractivity contribution in [2.45, 2.75) is 6.42 Å². The Balaban J connectivity index is 1.13. The molecule has 1 amide bonds. The second kappa shape index (κ2) is 7.10. The third-order valence-electron chi connectivity index (χ3n) is 6.17. The predicted octanol–water partition coefficient (Wildman–Crippen LogP) is 4.95. The standard InChI is InChI=1S/C25H21N3O2S/c1-30-21-7-4-8-22-23(21)27-25(31-22)28-13-17(14-28)24(29)26-18-9-10-20-16(12-18)11-15-5-2-3-6-19(15)20/h2-10,12,17H,11,13-14H2,1H3,(H,26,29). The molecule has 4 aromatic rings. The van der Waals surface area contributed by atoms with Crippen LogP contribution in [0.3, 0.4) is 0 Å². The molecule has 0 atom stereocenters. The van der Waals surface area contributed by atoms with Crippen LogP contribution in [0.25, 0.3) is 21.3 Å². The third-order valence-corrected chi connectivity index (χ3v) is 7.26. The second-order valence-corrected chi connectivity index (χ2v) is 9.11. The number of para-hydroxylation sites is 1. The van der Waals surface area contributed by atoms with Crippen LogP contribution in [0.5, 0.6) is 5.75 Å². The lowest BCUT2D eigenvalue weighted by Gasteiger charge is -2.37. The number of aromatic nitrogens is 1. The van der Waals surface area contributed by atoms with E-state index in [2.05, 4.69) is 52.7 Å². The molecule has 31 heavy (non-hydrogen) atoms. The summed E-state index contributed by atoms with van der Waals surface area (Å²) in [5.74, 6) is 0.832. The molecule has 0 radical (unpaired) electrons. The van der Waals surface area contributed by atoms with Gasteiger partial charge in [-0.3, -0.25) is 4.79 Å². The molecular formula is C25H21N3O2S. The maximum atomic E-state index is 12.8. The topological polar surface area (TPSA) is 54.5 Å². The van der Waals surface area contributed by atoms with E-state index in [0.717, 1.165) is 33.2 Å². The number of thiazole rings is 1. The van der Waals surface area contributed by atoms with E-state index in [0.29, 0.717) is 13.1 Å². The molecule has 1 fully saturated rings. The highest BCUT2D eigenvalue weighted by Crippen LogP contribution is 2.39. The number of amides is 1. The lowest BCUT2D eigenvalue weighted by molar-refractivity contribution is -0.120. The van der Waals surface area contributed by atoms with Crippen molar-refractivity contribution in [3.63, 3.8) is 0 Å². The summed E-state index contributed by atoms with van der Waals surface area (Å²) in [7, 11) is 1.66. The summed E-state index contributed by atoms with van der Waals surface area (Å²) >= 11 is 1.64. The molecule has 1 saturated heterocycles. The van der Waals surface area contributed by atoms with Gasteiger partial charge in [0, 0.05) is 18.8 Å². The first-order valence-electron chi connectivity index (χ1n) is 10.4. The van der Waals surface area contributed by atoms with Crippen molar-refractivity contribution in [3.05, 3.63) is 71.8 Å². The molecular weight excluding hydrogens is 406 g/mol. The fraction of sp³-hybridized carbons (Fsp3) is 0.200. The van der Waals surface area contributed by atoms with E-state index in [4.69, 9.17) is 9.72 Å². The highest BCUT2D eigenvalue weighted by Gasteiger charge is 2.34. The Morgan fingerprint density at radius 1 is 1.06 bits per heavy atom. The number of benzene rings is 3. The minimum atomic E-state index is -0.0284. The molecule has 2 heterocycles. The van der Waals surface area contributed by atoms with Gasteiger partial charge in [-0.1, -0.05) is 47.7 Å². The summed E-state index contributed by atoms with van der Waals surface area (Å²) in [6.07, 6.45) is 0.924. The van der Waals surface area contributed by atoms with Gasteiger partial charge in [0.2, 0.25) is 5.91 Å². The first-order valence-corrected chi connectivity index (χ1v) is 11.2. The molecule has 0 bridgehead atoms. The van der Waals surface area contributed by atoms with Crippen LogP contribution >= 0.6 is 11.3 Å². The second-order valence-electron chi connectivity index (χ2n) is 8.10. The van der Waals surface area contributed by atoms with Crippen molar-refractivity contribution in [2.75, 3.05) is 30.4 Å². The highest BCUT2D eigenvalue weighted by atomic mass is 32.1. The molecule has 0 saturated carbocycles. The Bertz CT molecular complexity index is 1320. The molecule has 1 aliphatic heterocycles. The molecule has 5 nitrogen and oxygen atoms in total. The summed E-state index contributed by atoms with van der Waals surface area (Å²) < 4.78 is 6.51. The number of carbonyl (C=O) groups is 1. The van der Waals surface area contributed by atoms with Crippen LogP contribution in [-0.4, -0.2) is 31.1 Å². The molecule has 0 spiro atoms. The van der Waals surface area contributed by atoms with Gasteiger partial charge in [-0.25, -0.2) is 4.98 Å². The Morgan fingerprint density at radius 3 is 2.77 bits per heavy atom. The van der Waals surface area contributed by atoms with Gasteiger partial charge in [-0.15, -0.1) is 0 Å². The molecule has 6 rings (SSSR count). The number of ether oxygens (including phenoxy) is 1. The first-order chi connectivity index (χ1) is 15.2. The molecule has 2 aliphatic rings. The van der Waals surface area contributed by atoms with Crippen LogP contribution in [0.15, 0.2) is 60.7 Å². The average Bonchev–Trinajstić information content (AvgIpc) is 3.33. The fourth-order valence-corrected chi connectivity index (χ4v) is 5.48. The molecule has 3 aromatic carbocycles. The number of hydrogen-bond acceptors (Lipinski definition) is 5. The number of anilines is 2. The van der Waals surface area contributed by atoms with Crippen LogP contribution < -0.4 is 15.0 Å². The lowest BCUT2D eigenvalue weighted by Crippen LogP contribution is -2.52. The predicted molar refractivity (Wildman–Crippen MR) is 125 cm³/mol. The van der Waals surface area contributed by atoms with Crippen molar-refractivity contribution in [1.82, 2.24) is 4.98 Å². The largest absolute Gasteiger partial charge is 0.494 e. The Morgan fingerprint density at radius 2 is 1.90 bits per heavy atom. The van der Waals surface area contributed by atoms with Gasteiger partial charge in [0.15, 0.2) is 5.13 Å². The summed E-state index contributed by atoms with van der Waals surface area (Å²) in [6, 6.07) is 20.7. The zero-order valence-electron chi connectivity index (χ0n) is 17.1. The van der Waals surface area contributed by atoms with E-state index in [9.17, 15) is 4.79 Å². The first kappa shape index (κ1) is 18.4. The number of fused-ring (bicyclic) bond motifs is 4. The van der Waals surface area contributed by atoms with Crippen molar-refractivity contribution in [2.24, 2.45) is 5.92 Å². The number of nitrogens with zero attached hydrogens (tertiary/aromatic N) is 2. The van der Waals surface area contributed by atoms with Crippen molar-refractivity contribution in [3.8, 4) is 16.9 Å². The monoisotopic (exact) mass is 427 g/mol. The summed E-state index contributed by atoms with van der Waals surface area (Å²) in [5, 5.41) is 4.06. The van der Waals surface area contributed by atoms with E-state index < -0.39 is 0 Å². The number of methoxy groups -OCH3 is 1. The van der Waals surface area contributed by atoms with Gasteiger partial charge in [0.25, 0.3) is 0 Å². The van der Waals surface area contributed by atoms with Crippen molar-refractivity contribution < 1.29 is 9.53 Å². The van der Waals surface area contributed by atoms with E-state index >= 15 is 0 Å². The Hall–Kier alpha value is -3.38. The molecule has 1 N–H and O–H groups in total.